The Hall–Kier alpha value is -2.65. The third-order valence-corrected chi connectivity index (χ3v) is 5.64. The minimum atomic E-state index is 0.224. The van der Waals surface area contributed by atoms with E-state index in [0.717, 1.165) is 37.7 Å². The highest BCUT2D eigenvalue weighted by molar-refractivity contribution is 6.30. The Kier molecular flexibility index (Phi) is 6.26. The number of nitriles is 1. The molecule has 2 aromatic rings. The molecule has 4 rings (SSSR count). The molecule has 2 aliphatic rings. The van der Waals surface area contributed by atoms with Crippen LogP contribution in [0, 0.1) is 11.3 Å². The van der Waals surface area contributed by atoms with Crippen LogP contribution in [0.5, 0.6) is 0 Å². The summed E-state index contributed by atoms with van der Waals surface area (Å²) in [5, 5.41) is 9.62. The van der Waals surface area contributed by atoms with Gasteiger partial charge in [-0.1, -0.05) is 54.1 Å². The van der Waals surface area contributed by atoms with Gasteiger partial charge in [-0.15, -0.1) is 0 Å². The van der Waals surface area contributed by atoms with Gasteiger partial charge in [-0.05, 0) is 23.3 Å². The number of rotatable bonds is 7. The molecule has 0 aliphatic carbocycles. The molecule has 0 amide bonds. The summed E-state index contributed by atoms with van der Waals surface area (Å²) in [5.74, 6) is 0.609. The van der Waals surface area contributed by atoms with Crippen molar-refractivity contribution in [2.45, 2.75) is 6.04 Å². The highest BCUT2D eigenvalue weighted by Crippen LogP contribution is 2.30. The maximum Gasteiger partial charge on any atom is 0.184 e. The van der Waals surface area contributed by atoms with E-state index in [1.54, 1.807) is 6.20 Å². The Bertz CT molecular complexity index is 926. The molecule has 1 fully saturated rings. The SMILES string of the molecule is N#CC1=NC=C1OCCN1CCN(C(c2ccccc2)c2ccc(Cl)cc2)CC1. The number of halogens is 1. The lowest BCUT2D eigenvalue weighted by atomic mass is 9.96. The summed E-state index contributed by atoms with van der Waals surface area (Å²) in [6, 6.07) is 21.1. The van der Waals surface area contributed by atoms with E-state index < -0.39 is 0 Å². The zero-order valence-electron chi connectivity index (χ0n) is 16.2. The summed E-state index contributed by atoms with van der Waals surface area (Å²) in [5.41, 5.74) is 2.95. The van der Waals surface area contributed by atoms with Crippen molar-refractivity contribution >= 4 is 17.3 Å². The average molecular weight is 407 g/mol. The fourth-order valence-electron chi connectivity index (χ4n) is 3.80. The summed E-state index contributed by atoms with van der Waals surface area (Å²) in [6.07, 6.45) is 1.60. The summed E-state index contributed by atoms with van der Waals surface area (Å²) in [4.78, 5) is 8.80. The van der Waals surface area contributed by atoms with E-state index >= 15 is 0 Å². The molecule has 0 N–H and O–H groups in total. The first kappa shape index (κ1) is 19.7. The normalized spacial score (nSPS) is 18.2. The molecule has 2 heterocycles. The molecule has 2 aliphatic heterocycles. The van der Waals surface area contributed by atoms with Crippen LogP contribution >= 0.6 is 11.6 Å². The number of aliphatic imine (C=N–C) groups is 1. The van der Waals surface area contributed by atoms with Crippen LogP contribution in [0.15, 0.2) is 71.5 Å². The smallest absolute Gasteiger partial charge is 0.184 e. The van der Waals surface area contributed by atoms with Crippen LogP contribution in [0.1, 0.15) is 17.2 Å². The van der Waals surface area contributed by atoms with E-state index in [0.29, 0.717) is 18.1 Å². The van der Waals surface area contributed by atoms with Gasteiger partial charge in [-0.25, -0.2) is 4.99 Å². The molecule has 0 spiro atoms. The minimum absolute atomic E-state index is 0.224. The first-order valence-corrected chi connectivity index (χ1v) is 10.2. The van der Waals surface area contributed by atoms with E-state index in [-0.39, 0.29) is 6.04 Å². The summed E-state index contributed by atoms with van der Waals surface area (Å²) >= 11 is 6.11. The Labute approximate surface area is 176 Å². The van der Waals surface area contributed by atoms with Crippen molar-refractivity contribution in [3.63, 3.8) is 0 Å². The molecule has 1 unspecified atom stereocenters. The maximum absolute atomic E-state index is 8.86. The topological polar surface area (TPSA) is 51.9 Å². The van der Waals surface area contributed by atoms with Gasteiger partial charge in [0.05, 0.1) is 12.2 Å². The zero-order valence-corrected chi connectivity index (χ0v) is 16.9. The molecular formula is C23H23ClN4O. The second-order valence-corrected chi connectivity index (χ2v) is 7.61. The molecule has 1 atom stereocenters. The number of piperazine rings is 1. The number of ether oxygens (including phenoxy) is 1. The van der Waals surface area contributed by atoms with Gasteiger partial charge in [0, 0.05) is 37.7 Å². The molecule has 2 aromatic carbocycles. The lowest BCUT2D eigenvalue weighted by molar-refractivity contribution is 0.0883. The van der Waals surface area contributed by atoms with E-state index in [1.165, 1.54) is 11.1 Å². The summed E-state index contributed by atoms with van der Waals surface area (Å²) < 4.78 is 5.65. The van der Waals surface area contributed by atoms with Crippen LogP contribution in [-0.2, 0) is 4.74 Å². The van der Waals surface area contributed by atoms with Crippen LogP contribution in [0.3, 0.4) is 0 Å². The fourth-order valence-corrected chi connectivity index (χ4v) is 3.92. The van der Waals surface area contributed by atoms with Crippen LogP contribution in [0.25, 0.3) is 0 Å². The van der Waals surface area contributed by atoms with E-state index in [2.05, 4.69) is 57.3 Å². The van der Waals surface area contributed by atoms with Crippen molar-refractivity contribution in [2.24, 2.45) is 4.99 Å². The van der Waals surface area contributed by atoms with Gasteiger partial charge in [0.15, 0.2) is 11.5 Å². The van der Waals surface area contributed by atoms with Gasteiger partial charge in [-0.2, -0.15) is 5.26 Å². The second kappa shape index (κ2) is 9.23. The summed E-state index contributed by atoms with van der Waals surface area (Å²) in [7, 11) is 0. The third-order valence-electron chi connectivity index (χ3n) is 5.39. The number of hydrogen-bond donors (Lipinski definition) is 0. The van der Waals surface area contributed by atoms with Crippen molar-refractivity contribution in [1.82, 2.24) is 9.80 Å². The average Bonchev–Trinajstić information content (AvgIpc) is 2.74. The van der Waals surface area contributed by atoms with E-state index in [9.17, 15) is 0 Å². The fraction of sp³-hybridized carbons (Fsp3) is 0.304. The molecule has 0 saturated carbocycles. The third kappa shape index (κ3) is 4.68. The molecule has 5 nitrogen and oxygen atoms in total. The predicted molar refractivity (Wildman–Crippen MR) is 115 cm³/mol. The lowest BCUT2D eigenvalue weighted by Crippen LogP contribution is -2.48. The Balaban J connectivity index is 1.36. The van der Waals surface area contributed by atoms with Crippen molar-refractivity contribution in [3.05, 3.63) is 82.7 Å². The van der Waals surface area contributed by atoms with Gasteiger partial charge in [0.1, 0.15) is 12.7 Å². The second-order valence-electron chi connectivity index (χ2n) is 7.17. The monoisotopic (exact) mass is 406 g/mol. The Morgan fingerprint density at radius 2 is 1.69 bits per heavy atom. The molecule has 0 aromatic heterocycles. The van der Waals surface area contributed by atoms with E-state index in [4.69, 9.17) is 21.6 Å². The van der Waals surface area contributed by atoms with Crippen LogP contribution in [-0.4, -0.2) is 54.8 Å². The first-order chi connectivity index (χ1) is 14.2. The van der Waals surface area contributed by atoms with Crippen molar-refractivity contribution in [3.8, 4) is 6.07 Å². The Morgan fingerprint density at radius 1 is 1.00 bits per heavy atom. The molecule has 6 heteroatoms. The summed E-state index contributed by atoms with van der Waals surface area (Å²) in [6.45, 7) is 5.36. The van der Waals surface area contributed by atoms with Crippen molar-refractivity contribution in [1.29, 1.82) is 5.26 Å². The maximum atomic E-state index is 8.86. The highest BCUT2D eigenvalue weighted by atomic mass is 35.5. The lowest BCUT2D eigenvalue weighted by Gasteiger charge is -2.39. The van der Waals surface area contributed by atoms with Gasteiger partial charge in [0.2, 0.25) is 0 Å². The van der Waals surface area contributed by atoms with Gasteiger partial charge < -0.3 is 4.74 Å². The minimum Gasteiger partial charge on any atom is -0.488 e. The van der Waals surface area contributed by atoms with Gasteiger partial charge in [0.25, 0.3) is 0 Å². The van der Waals surface area contributed by atoms with Gasteiger partial charge in [-0.3, -0.25) is 9.80 Å². The van der Waals surface area contributed by atoms with E-state index in [1.807, 2.05) is 18.2 Å². The number of hydrogen-bond acceptors (Lipinski definition) is 5. The molecular weight excluding hydrogens is 384 g/mol. The largest absolute Gasteiger partial charge is 0.488 e. The van der Waals surface area contributed by atoms with Crippen LogP contribution < -0.4 is 0 Å². The number of benzene rings is 2. The molecule has 148 valence electrons. The van der Waals surface area contributed by atoms with Crippen LogP contribution in [0.2, 0.25) is 5.02 Å². The Morgan fingerprint density at radius 3 is 2.31 bits per heavy atom. The highest BCUT2D eigenvalue weighted by Gasteiger charge is 2.26. The quantitative estimate of drug-likeness (QED) is 0.700. The number of allylic oxidation sites excluding steroid dienone is 1. The molecule has 1 saturated heterocycles. The standard InChI is InChI=1S/C23H23ClN4O/c24-20-8-6-19(7-9-20)23(18-4-2-1-3-5-18)28-12-10-27(11-13-28)14-15-29-22-17-26-21(22)16-25/h1-9,17,23H,10-15H2. The zero-order chi connectivity index (χ0) is 20.1. The van der Waals surface area contributed by atoms with Crippen molar-refractivity contribution < 1.29 is 4.74 Å². The molecule has 29 heavy (non-hydrogen) atoms. The van der Waals surface area contributed by atoms with Gasteiger partial charge >= 0.3 is 0 Å². The molecule has 0 radical (unpaired) electrons. The van der Waals surface area contributed by atoms with Crippen molar-refractivity contribution in [2.75, 3.05) is 39.3 Å². The predicted octanol–water partition coefficient (Wildman–Crippen LogP) is 3.88. The first-order valence-electron chi connectivity index (χ1n) is 9.82. The van der Waals surface area contributed by atoms with Crippen LogP contribution in [0.4, 0.5) is 0 Å². The number of nitrogens with zero attached hydrogens (tertiary/aromatic N) is 4. The molecule has 0 bridgehead atoms.